The van der Waals surface area contributed by atoms with E-state index in [1.165, 1.54) is 38.1 Å². The number of nitrogens with one attached hydrogen (secondary N) is 2. The monoisotopic (exact) mass is 482 g/mol. The molecule has 0 bridgehead atoms. The number of nitrogens with zero attached hydrogens (tertiary/aromatic N) is 2. The first-order valence-corrected chi connectivity index (χ1v) is 11.0. The number of H-pyrrole nitrogens is 1. The van der Waals surface area contributed by atoms with Crippen molar-refractivity contribution in [2.24, 2.45) is 5.10 Å². The fraction of sp³-hybridized carbons (Fsp3) is 0.320. The van der Waals surface area contributed by atoms with Crippen LogP contribution in [0.25, 0.3) is 5.69 Å². The van der Waals surface area contributed by atoms with E-state index in [0.717, 1.165) is 12.1 Å². The Kier molecular flexibility index (Phi) is 8.19. The van der Waals surface area contributed by atoms with Gasteiger partial charge in [-0.05, 0) is 49.7 Å². The van der Waals surface area contributed by atoms with E-state index >= 15 is 0 Å². The predicted molar refractivity (Wildman–Crippen MR) is 133 cm³/mol. The lowest BCUT2D eigenvalue weighted by Crippen LogP contribution is -2.23. The molecular weight excluding hydrogens is 452 g/mol. The number of carbonyl (C=O) groups is 1. The van der Waals surface area contributed by atoms with Gasteiger partial charge in [-0.2, -0.15) is 5.10 Å². The molecule has 3 rings (SSSR count). The minimum atomic E-state index is -0.494. The number of methoxy groups -OCH3 is 4. The van der Waals surface area contributed by atoms with Crippen LogP contribution in [0.3, 0.4) is 0 Å². The number of ether oxygens (including phenoxy) is 4. The largest absolute Gasteiger partial charge is 0.497 e. The van der Waals surface area contributed by atoms with E-state index in [1.54, 1.807) is 38.3 Å². The first kappa shape index (κ1) is 25.4. The van der Waals surface area contributed by atoms with Gasteiger partial charge >= 0.3 is 0 Å². The van der Waals surface area contributed by atoms with E-state index in [0.29, 0.717) is 46.4 Å². The smallest absolute Gasteiger partial charge is 0.280 e. The molecule has 3 aromatic rings. The topological polar surface area (TPSA) is 116 Å². The van der Waals surface area contributed by atoms with Crippen LogP contribution in [-0.4, -0.2) is 49.8 Å². The van der Waals surface area contributed by atoms with Gasteiger partial charge in [0.05, 0.1) is 45.4 Å². The maximum absolute atomic E-state index is 13.3. The summed E-state index contributed by atoms with van der Waals surface area (Å²) in [6.45, 7) is 3.70. The predicted octanol–water partition coefficient (Wildman–Crippen LogP) is 3.31. The molecule has 2 N–H and O–H groups in total. The van der Waals surface area contributed by atoms with Gasteiger partial charge in [0.15, 0.2) is 11.5 Å². The fourth-order valence-electron chi connectivity index (χ4n) is 3.67. The highest BCUT2D eigenvalue weighted by molar-refractivity contribution is 6.01. The normalized spacial score (nSPS) is 11.2. The number of aromatic amines is 1. The second kappa shape index (κ2) is 11.3. The van der Waals surface area contributed by atoms with Crippen molar-refractivity contribution in [1.82, 2.24) is 15.2 Å². The second-order valence-corrected chi connectivity index (χ2v) is 7.61. The minimum absolute atomic E-state index is 0.259. The van der Waals surface area contributed by atoms with Crippen LogP contribution in [0.15, 0.2) is 46.3 Å². The van der Waals surface area contributed by atoms with Gasteiger partial charge in [-0.3, -0.25) is 14.7 Å². The Balaban J connectivity index is 1.93. The van der Waals surface area contributed by atoms with E-state index < -0.39 is 5.91 Å². The van der Waals surface area contributed by atoms with Crippen molar-refractivity contribution >= 4 is 11.6 Å². The number of hydrogen-bond acceptors (Lipinski definition) is 7. The number of benzene rings is 2. The Bertz CT molecular complexity index is 1250. The molecule has 0 aliphatic heterocycles. The third-order valence-corrected chi connectivity index (χ3v) is 5.41. The SMILES string of the molecule is CCCc1[nH]n(-c2ccc(OC)cc2)c(=O)c1C(C)=NNC(=O)c1cc(OC)c(OC)c(OC)c1. The Morgan fingerprint density at radius 1 is 1.00 bits per heavy atom. The summed E-state index contributed by atoms with van der Waals surface area (Å²) < 4.78 is 22.6. The van der Waals surface area contributed by atoms with Crippen LogP contribution in [-0.2, 0) is 6.42 Å². The molecule has 10 nitrogen and oxygen atoms in total. The average Bonchev–Trinajstić information content (AvgIpc) is 3.21. The second-order valence-electron chi connectivity index (χ2n) is 7.61. The van der Waals surface area contributed by atoms with E-state index in [1.807, 2.05) is 6.92 Å². The summed E-state index contributed by atoms with van der Waals surface area (Å²) in [7, 11) is 6.00. The molecule has 0 unspecified atom stereocenters. The van der Waals surface area contributed by atoms with Crippen LogP contribution in [0.1, 0.15) is 41.9 Å². The van der Waals surface area contributed by atoms with E-state index in [9.17, 15) is 9.59 Å². The Morgan fingerprint density at radius 3 is 2.14 bits per heavy atom. The number of hydrogen-bond donors (Lipinski definition) is 2. The van der Waals surface area contributed by atoms with Crippen molar-refractivity contribution in [2.45, 2.75) is 26.7 Å². The van der Waals surface area contributed by atoms with Gasteiger partial charge in [-0.1, -0.05) is 13.3 Å². The standard InChI is InChI=1S/C25H30N4O6/c1-7-8-19-22(25(31)29(28-19)17-9-11-18(32-3)12-10-17)15(2)26-27-24(30)16-13-20(33-4)23(35-6)21(14-16)34-5/h9-14,28H,7-8H2,1-6H3,(H,27,30). The number of aromatic nitrogens is 2. The summed E-state index contributed by atoms with van der Waals surface area (Å²) in [5, 5.41) is 7.38. The Morgan fingerprint density at radius 2 is 1.63 bits per heavy atom. The number of hydrazone groups is 1. The number of rotatable bonds is 10. The lowest BCUT2D eigenvalue weighted by Gasteiger charge is -2.13. The highest BCUT2D eigenvalue weighted by atomic mass is 16.5. The summed E-state index contributed by atoms with van der Waals surface area (Å²) in [5.41, 5.74) is 4.69. The van der Waals surface area contributed by atoms with Crippen LogP contribution in [0, 0.1) is 0 Å². The maximum Gasteiger partial charge on any atom is 0.280 e. The Hall–Kier alpha value is -4.21. The third-order valence-electron chi connectivity index (χ3n) is 5.41. The molecule has 0 saturated carbocycles. The van der Waals surface area contributed by atoms with Gasteiger partial charge < -0.3 is 18.9 Å². The summed E-state index contributed by atoms with van der Waals surface area (Å²) >= 11 is 0. The van der Waals surface area contributed by atoms with Crippen molar-refractivity contribution < 1.29 is 23.7 Å². The molecule has 0 fully saturated rings. The number of carbonyl (C=O) groups excluding carboxylic acids is 1. The molecule has 1 heterocycles. The molecule has 1 aromatic heterocycles. The van der Waals surface area contributed by atoms with E-state index in [4.69, 9.17) is 18.9 Å². The van der Waals surface area contributed by atoms with Gasteiger partial charge in [-0.15, -0.1) is 0 Å². The molecule has 0 saturated heterocycles. The van der Waals surface area contributed by atoms with Crippen molar-refractivity contribution in [3.63, 3.8) is 0 Å². The van der Waals surface area contributed by atoms with Gasteiger partial charge in [0.25, 0.3) is 11.5 Å². The highest BCUT2D eigenvalue weighted by Gasteiger charge is 2.19. The molecule has 0 spiro atoms. The molecule has 0 aliphatic carbocycles. The summed E-state index contributed by atoms with van der Waals surface area (Å²) in [6.07, 6.45) is 1.46. The van der Waals surface area contributed by atoms with Crippen LogP contribution in [0.2, 0.25) is 0 Å². The van der Waals surface area contributed by atoms with Gasteiger partial charge in [0.2, 0.25) is 5.75 Å². The maximum atomic E-state index is 13.3. The minimum Gasteiger partial charge on any atom is -0.497 e. The zero-order valence-corrected chi connectivity index (χ0v) is 20.7. The van der Waals surface area contributed by atoms with Gasteiger partial charge in [-0.25, -0.2) is 10.1 Å². The summed E-state index contributed by atoms with van der Waals surface area (Å²) in [4.78, 5) is 26.1. The lowest BCUT2D eigenvalue weighted by molar-refractivity contribution is 0.0954. The van der Waals surface area contributed by atoms with Crippen molar-refractivity contribution in [1.29, 1.82) is 0 Å². The fourth-order valence-corrected chi connectivity index (χ4v) is 3.67. The first-order valence-electron chi connectivity index (χ1n) is 11.0. The molecule has 0 atom stereocenters. The van der Waals surface area contributed by atoms with Crippen LogP contribution < -0.4 is 29.9 Å². The van der Waals surface area contributed by atoms with Crippen LogP contribution >= 0.6 is 0 Å². The first-order chi connectivity index (χ1) is 16.9. The van der Waals surface area contributed by atoms with Crippen LogP contribution in [0.4, 0.5) is 0 Å². The zero-order valence-electron chi connectivity index (χ0n) is 20.7. The molecule has 10 heteroatoms. The number of aryl methyl sites for hydroxylation is 1. The average molecular weight is 483 g/mol. The van der Waals surface area contributed by atoms with Crippen molar-refractivity contribution in [2.75, 3.05) is 28.4 Å². The molecule has 1 amide bonds. The number of amides is 1. The molecule has 35 heavy (non-hydrogen) atoms. The highest BCUT2D eigenvalue weighted by Crippen LogP contribution is 2.38. The Labute approximate surface area is 203 Å². The van der Waals surface area contributed by atoms with E-state index in [2.05, 4.69) is 15.6 Å². The summed E-state index contributed by atoms with van der Waals surface area (Å²) in [6, 6.07) is 10.2. The quantitative estimate of drug-likeness (QED) is 0.338. The van der Waals surface area contributed by atoms with Crippen molar-refractivity contribution in [3.05, 3.63) is 63.6 Å². The van der Waals surface area contributed by atoms with E-state index in [-0.39, 0.29) is 11.1 Å². The van der Waals surface area contributed by atoms with Gasteiger partial charge in [0.1, 0.15) is 5.75 Å². The molecule has 2 aromatic carbocycles. The molecular formula is C25H30N4O6. The lowest BCUT2D eigenvalue weighted by atomic mass is 10.1. The third kappa shape index (κ3) is 5.32. The molecule has 0 radical (unpaired) electrons. The molecule has 186 valence electrons. The van der Waals surface area contributed by atoms with Crippen LogP contribution in [0.5, 0.6) is 23.0 Å². The zero-order chi connectivity index (χ0) is 25.5. The summed E-state index contributed by atoms with van der Waals surface area (Å²) in [5.74, 6) is 1.26. The molecule has 0 aliphatic rings. The van der Waals surface area contributed by atoms with Gasteiger partial charge in [0, 0.05) is 11.3 Å². The van der Waals surface area contributed by atoms with Crippen molar-refractivity contribution in [3.8, 4) is 28.7 Å².